The van der Waals surface area contributed by atoms with Gasteiger partial charge in [-0.05, 0) is 43.0 Å². The topological polar surface area (TPSA) is 72.7 Å². The molecule has 0 saturated carbocycles. The number of rotatable bonds is 5. The van der Waals surface area contributed by atoms with Gasteiger partial charge in [0.2, 0.25) is 0 Å². The Hall–Kier alpha value is -2.84. The highest BCUT2D eigenvalue weighted by Crippen LogP contribution is 2.29. The van der Waals surface area contributed by atoms with Crippen LogP contribution in [-0.4, -0.2) is 25.7 Å². The van der Waals surface area contributed by atoms with Gasteiger partial charge in [0.05, 0.1) is 17.4 Å². The molecule has 4 aromatic rings. The molecule has 0 radical (unpaired) electrons. The van der Waals surface area contributed by atoms with E-state index < -0.39 is 0 Å². The van der Waals surface area contributed by atoms with Gasteiger partial charge in [-0.25, -0.2) is 14.6 Å². The Morgan fingerprint density at radius 2 is 2.04 bits per heavy atom. The van der Waals surface area contributed by atoms with Crippen LogP contribution in [0.1, 0.15) is 33.9 Å². The van der Waals surface area contributed by atoms with Crippen molar-refractivity contribution in [1.29, 1.82) is 0 Å². The molecule has 3 aromatic heterocycles. The lowest BCUT2D eigenvalue weighted by atomic mass is 10.1. The van der Waals surface area contributed by atoms with E-state index in [9.17, 15) is 4.79 Å². The number of thiophene rings is 1. The summed E-state index contributed by atoms with van der Waals surface area (Å²) < 4.78 is 1.69. The zero-order valence-electron chi connectivity index (χ0n) is 14.8. The molecule has 3 heterocycles. The highest BCUT2D eigenvalue weighted by molar-refractivity contribution is 7.17. The molecule has 1 unspecified atom stereocenters. The van der Waals surface area contributed by atoms with Crippen molar-refractivity contribution in [1.82, 2.24) is 25.1 Å². The van der Waals surface area contributed by atoms with Crippen LogP contribution in [0, 0.1) is 6.92 Å². The molecule has 0 aliphatic carbocycles. The molecule has 136 valence electrons. The van der Waals surface area contributed by atoms with E-state index in [1.165, 1.54) is 17.7 Å². The summed E-state index contributed by atoms with van der Waals surface area (Å²) >= 11 is 3.05. The van der Waals surface area contributed by atoms with E-state index >= 15 is 0 Å². The van der Waals surface area contributed by atoms with Crippen molar-refractivity contribution in [2.24, 2.45) is 0 Å². The number of carbonyl (C=O) groups excluding carboxylic acids is 1. The summed E-state index contributed by atoms with van der Waals surface area (Å²) in [5.41, 5.74) is 3.76. The summed E-state index contributed by atoms with van der Waals surface area (Å²) in [7, 11) is 0. The Balaban J connectivity index is 1.48. The lowest BCUT2D eigenvalue weighted by molar-refractivity contribution is 0.0943. The van der Waals surface area contributed by atoms with E-state index in [0.717, 1.165) is 27.5 Å². The van der Waals surface area contributed by atoms with Crippen LogP contribution in [0.2, 0.25) is 0 Å². The largest absolute Gasteiger partial charge is 0.345 e. The predicted molar refractivity (Wildman–Crippen MR) is 107 cm³/mol. The molecule has 27 heavy (non-hydrogen) atoms. The normalized spacial score (nSPS) is 12.1. The zero-order valence-corrected chi connectivity index (χ0v) is 16.4. The first-order chi connectivity index (χ1) is 13.1. The highest BCUT2D eigenvalue weighted by Gasteiger charge is 2.18. The first kappa shape index (κ1) is 17.6. The number of hydrogen-bond donors (Lipinski definition) is 1. The Morgan fingerprint density at radius 1 is 1.22 bits per heavy atom. The van der Waals surface area contributed by atoms with Crippen LogP contribution in [0.4, 0.5) is 0 Å². The Morgan fingerprint density at radius 3 is 2.70 bits per heavy atom. The number of amides is 1. The summed E-state index contributed by atoms with van der Waals surface area (Å²) in [6.07, 6.45) is 3.15. The SMILES string of the molecule is Cc1nc(-c2ccsc2)sc1C(=O)NC(C)c1ccc(-n2cncn2)cc1. The van der Waals surface area contributed by atoms with Gasteiger partial charge in [-0.1, -0.05) is 12.1 Å². The van der Waals surface area contributed by atoms with Gasteiger partial charge in [0.25, 0.3) is 5.91 Å². The molecule has 1 aromatic carbocycles. The van der Waals surface area contributed by atoms with Crippen molar-refractivity contribution >= 4 is 28.6 Å². The highest BCUT2D eigenvalue weighted by atomic mass is 32.1. The molecular formula is C19H17N5OS2. The fourth-order valence-electron chi connectivity index (χ4n) is 2.72. The lowest BCUT2D eigenvalue weighted by Gasteiger charge is -2.14. The van der Waals surface area contributed by atoms with Crippen LogP contribution >= 0.6 is 22.7 Å². The molecule has 4 rings (SSSR count). The second-order valence-electron chi connectivity index (χ2n) is 6.07. The number of nitrogens with one attached hydrogen (secondary N) is 1. The quantitative estimate of drug-likeness (QED) is 0.548. The number of benzene rings is 1. The van der Waals surface area contributed by atoms with E-state index in [2.05, 4.69) is 20.4 Å². The first-order valence-electron chi connectivity index (χ1n) is 8.37. The van der Waals surface area contributed by atoms with Crippen molar-refractivity contribution in [2.45, 2.75) is 19.9 Å². The van der Waals surface area contributed by atoms with E-state index in [4.69, 9.17) is 0 Å². The molecule has 8 heteroatoms. The number of aryl methyl sites for hydroxylation is 1. The third kappa shape index (κ3) is 3.67. The maximum Gasteiger partial charge on any atom is 0.263 e. The summed E-state index contributed by atoms with van der Waals surface area (Å²) in [5, 5.41) is 12.1. The number of hydrogen-bond acceptors (Lipinski definition) is 6. The van der Waals surface area contributed by atoms with Gasteiger partial charge in [0, 0.05) is 10.9 Å². The van der Waals surface area contributed by atoms with Gasteiger partial charge >= 0.3 is 0 Å². The fourth-order valence-corrected chi connectivity index (χ4v) is 4.40. The Labute approximate surface area is 164 Å². The minimum absolute atomic E-state index is 0.0978. The lowest BCUT2D eigenvalue weighted by Crippen LogP contribution is -2.26. The van der Waals surface area contributed by atoms with E-state index in [1.54, 1.807) is 22.3 Å². The summed E-state index contributed by atoms with van der Waals surface area (Å²) in [6, 6.07) is 9.78. The van der Waals surface area contributed by atoms with Gasteiger partial charge in [0.1, 0.15) is 22.5 Å². The van der Waals surface area contributed by atoms with Gasteiger partial charge in [0.15, 0.2) is 0 Å². The number of nitrogens with zero attached hydrogens (tertiary/aromatic N) is 4. The maximum atomic E-state index is 12.7. The third-order valence-electron chi connectivity index (χ3n) is 4.19. The Kier molecular flexibility index (Phi) is 4.83. The molecule has 1 amide bonds. The van der Waals surface area contributed by atoms with Gasteiger partial charge in [-0.2, -0.15) is 16.4 Å². The molecule has 0 spiro atoms. The summed E-state index contributed by atoms with van der Waals surface area (Å²) in [5.74, 6) is -0.0978. The number of thiazole rings is 1. The van der Waals surface area contributed by atoms with E-state index in [1.807, 2.05) is 54.9 Å². The van der Waals surface area contributed by atoms with Crippen LogP contribution in [0.25, 0.3) is 16.3 Å². The minimum atomic E-state index is -0.117. The van der Waals surface area contributed by atoms with E-state index in [-0.39, 0.29) is 11.9 Å². The summed E-state index contributed by atoms with van der Waals surface area (Å²) in [6.45, 7) is 3.84. The van der Waals surface area contributed by atoms with Gasteiger partial charge in [-0.3, -0.25) is 4.79 Å². The minimum Gasteiger partial charge on any atom is -0.345 e. The first-order valence-corrected chi connectivity index (χ1v) is 10.1. The van der Waals surface area contributed by atoms with Crippen LogP contribution < -0.4 is 5.32 Å². The Bertz CT molecular complexity index is 1040. The summed E-state index contributed by atoms with van der Waals surface area (Å²) in [4.78, 5) is 21.9. The van der Waals surface area contributed by atoms with Crippen molar-refractivity contribution in [3.05, 3.63) is 69.9 Å². The van der Waals surface area contributed by atoms with E-state index in [0.29, 0.717) is 4.88 Å². The van der Waals surface area contributed by atoms with Gasteiger partial charge < -0.3 is 5.32 Å². The number of aromatic nitrogens is 4. The zero-order chi connectivity index (χ0) is 18.8. The molecule has 0 saturated heterocycles. The smallest absolute Gasteiger partial charge is 0.263 e. The van der Waals surface area contributed by atoms with Crippen molar-refractivity contribution < 1.29 is 4.79 Å². The van der Waals surface area contributed by atoms with Crippen LogP contribution in [-0.2, 0) is 0 Å². The molecule has 0 aliphatic rings. The van der Waals surface area contributed by atoms with Crippen LogP contribution in [0.15, 0.2) is 53.7 Å². The molecule has 1 atom stereocenters. The molecule has 1 N–H and O–H groups in total. The second-order valence-corrected chi connectivity index (χ2v) is 7.85. The average molecular weight is 396 g/mol. The van der Waals surface area contributed by atoms with Crippen LogP contribution in [0.5, 0.6) is 0 Å². The monoisotopic (exact) mass is 395 g/mol. The predicted octanol–water partition coefficient (Wildman–Crippen LogP) is 4.25. The second kappa shape index (κ2) is 7.42. The molecule has 0 fully saturated rings. The molecule has 6 nitrogen and oxygen atoms in total. The third-order valence-corrected chi connectivity index (χ3v) is 6.08. The molecule has 0 bridgehead atoms. The van der Waals surface area contributed by atoms with Crippen molar-refractivity contribution in [3.8, 4) is 16.3 Å². The fraction of sp³-hybridized carbons (Fsp3) is 0.158. The standard InChI is InChI=1S/C19H17N5OS2/c1-12(14-3-5-16(6-4-14)24-11-20-10-21-24)22-18(25)17-13(2)23-19(27-17)15-7-8-26-9-15/h3-12H,1-2H3,(H,22,25). The van der Waals surface area contributed by atoms with Crippen molar-refractivity contribution in [2.75, 3.05) is 0 Å². The average Bonchev–Trinajstić information content (AvgIpc) is 3.43. The maximum absolute atomic E-state index is 12.7. The van der Waals surface area contributed by atoms with Crippen molar-refractivity contribution in [3.63, 3.8) is 0 Å². The molecule has 0 aliphatic heterocycles. The molecular weight excluding hydrogens is 378 g/mol. The van der Waals surface area contributed by atoms with Crippen LogP contribution in [0.3, 0.4) is 0 Å². The van der Waals surface area contributed by atoms with Gasteiger partial charge in [-0.15, -0.1) is 11.3 Å². The number of carbonyl (C=O) groups is 1.